The Labute approximate surface area is 210 Å². The largest absolute Gasteiger partial charge is 0.321 e. The lowest BCUT2D eigenvalue weighted by molar-refractivity contribution is -0.123. The van der Waals surface area contributed by atoms with Gasteiger partial charge in [0.25, 0.3) is 5.91 Å². The average Bonchev–Trinajstić information content (AvgIpc) is 2.96. The average molecular weight is 484 g/mol. The molecule has 3 aromatic rings. The molecule has 2 N–H and O–H groups in total. The zero-order valence-corrected chi connectivity index (χ0v) is 20.5. The fourth-order valence-electron chi connectivity index (χ4n) is 4.20. The third-order valence-electron chi connectivity index (χ3n) is 5.82. The summed E-state index contributed by atoms with van der Waals surface area (Å²) in [6.07, 6.45) is -1.20. The van der Waals surface area contributed by atoms with Crippen LogP contribution in [0.5, 0.6) is 0 Å². The van der Waals surface area contributed by atoms with Crippen LogP contribution in [0.4, 0.5) is 21.9 Å². The van der Waals surface area contributed by atoms with Gasteiger partial charge >= 0.3 is 6.03 Å². The van der Waals surface area contributed by atoms with Gasteiger partial charge in [0.15, 0.2) is 0 Å². The normalized spacial score (nSPS) is 15.0. The number of fused-ring (bicyclic) bond motifs is 1. The molecule has 0 saturated heterocycles. The molecule has 4 amide bonds. The maximum atomic E-state index is 13.7. The Kier molecular flexibility index (Phi) is 7.44. The first kappa shape index (κ1) is 24.7. The Morgan fingerprint density at radius 2 is 1.56 bits per heavy atom. The second-order valence-corrected chi connectivity index (χ2v) is 8.72. The number of hydrogen-bond acceptors (Lipinski definition) is 4. The van der Waals surface area contributed by atoms with Crippen molar-refractivity contribution in [2.45, 2.75) is 33.0 Å². The van der Waals surface area contributed by atoms with E-state index in [0.717, 1.165) is 11.3 Å². The minimum atomic E-state index is -1.20. The van der Waals surface area contributed by atoms with Gasteiger partial charge in [-0.3, -0.25) is 19.5 Å². The number of nitrogens with zero attached hydrogens (tertiary/aromatic N) is 3. The van der Waals surface area contributed by atoms with Crippen LogP contribution in [0.1, 0.15) is 26.3 Å². The topological polar surface area (TPSA) is 94.1 Å². The molecular weight excluding hydrogens is 454 g/mol. The first-order valence-corrected chi connectivity index (χ1v) is 11.8. The number of rotatable bonds is 6. The Morgan fingerprint density at radius 1 is 0.944 bits per heavy atom. The molecule has 1 unspecified atom stereocenters. The number of hydrogen-bond donors (Lipinski definition) is 2. The second-order valence-electron chi connectivity index (χ2n) is 8.72. The molecule has 8 heteroatoms. The molecule has 0 aliphatic carbocycles. The molecule has 8 nitrogen and oxygen atoms in total. The van der Waals surface area contributed by atoms with Crippen molar-refractivity contribution < 1.29 is 14.4 Å². The minimum Gasteiger partial charge on any atom is -0.308 e. The Balaban J connectivity index is 1.63. The molecule has 4 rings (SSSR count). The summed E-state index contributed by atoms with van der Waals surface area (Å²) in [6, 6.07) is 24.9. The van der Waals surface area contributed by atoms with Crippen LogP contribution in [0, 0.1) is 0 Å². The molecule has 1 aliphatic heterocycles. The third-order valence-corrected chi connectivity index (χ3v) is 5.82. The van der Waals surface area contributed by atoms with Crippen molar-refractivity contribution in [3.8, 4) is 0 Å². The molecule has 3 aromatic carbocycles. The lowest BCUT2D eigenvalue weighted by Gasteiger charge is -2.31. The SMILES string of the molecule is CC1=NC(NC(=O)Nc2ccccc2)C(=O)N(CC(=O)N(c2ccccc2)C(C)C)c2ccccc21. The van der Waals surface area contributed by atoms with E-state index in [0.29, 0.717) is 17.1 Å². The zero-order valence-electron chi connectivity index (χ0n) is 20.5. The quantitative estimate of drug-likeness (QED) is 0.543. The van der Waals surface area contributed by atoms with Gasteiger partial charge in [0.1, 0.15) is 6.54 Å². The number of benzene rings is 3. The van der Waals surface area contributed by atoms with Crippen molar-refractivity contribution in [2.75, 3.05) is 21.7 Å². The van der Waals surface area contributed by atoms with E-state index in [9.17, 15) is 14.4 Å². The van der Waals surface area contributed by atoms with Crippen LogP contribution < -0.4 is 20.4 Å². The van der Waals surface area contributed by atoms with Gasteiger partial charge in [0, 0.05) is 28.7 Å². The van der Waals surface area contributed by atoms with Gasteiger partial charge < -0.3 is 15.5 Å². The smallest absolute Gasteiger partial charge is 0.308 e. The first-order valence-electron chi connectivity index (χ1n) is 11.8. The highest BCUT2D eigenvalue weighted by atomic mass is 16.2. The fraction of sp³-hybridized carbons (Fsp3) is 0.214. The number of anilines is 3. The molecule has 0 bridgehead atoms. The summed E-state index contributed by atoms with van der Waals surface area (Å²) in [7, 11) is 0. The summed E-state index contributed by atoms with van der Waals surface area (Å²) < 4.78 is 0. The van der Waals surface area contributed by atoms with Gasteiger partial charge in [0.05, 0.1) is 5.69 Å². The fourth-order valence-corrected chi connectivity index (χ4v) is 4.20. The summed E-state index contributed by atoms with van der Waals surface area (Å²) in [5, 5.41) is 5.37. The van der Waals surface area contributed by atoms with Crippen LogP contribution in [0.25, 0.3) is 0 Å². The van der Waals surface area contributed by atoms with Crippen LogP contribution in [0.15, 0.2) is 89.9 Å². The molecule has 1 atom stereocenters. The van der Waals surface area contributed by atoms with Crippen molar-refractivity contribution in [3.05, 3.63) is 90.5 Å². The minimum absolute atomic E-state index is 0.124. The van der Waals surface area contributed by atoms with E-state index in [1.54, 1.807) is 42.2 Å². The maximum absolute atomic E-state index is 13.7. The van der Waals surface area contributed by atoms with Crippen molar-refractivity contribution in [1.29, 1.82) is 0 Å². The van der Waals surface area contributed by atoms with Gasteiger partial charge in [0.2, 0.25) is 12.1 Å². The van der Waals surface area contributed by atoms with Crippen molar-refractivity contribution in [3.63, 3.8) is 0 Å². The summed E-state index contributed by atoms with van der Waals surface area (Å²) in [5.41, 5.74) is 3.21. The number of carbonyl (C=O) groups excluding carboxylic acids is 3. The maximum Gasteiger partial charge on any atom is 0.321 e. The highest BCUT2D eigenvalue weighted by Gasteiger charge is 2.34. The molecule has 0 radical (unpaired) electrons. The monoisotopic (exact) mass is 483 g/mol. The third kappa shape index (κ3) is 5.43. The van der Waals surface area contributed by atoms with Crippen molar-refractivity contribution >= 4 is 40.6 Å². The standard InChI is InChI=1S/C28H29N5O3/c1-19(2)33(22-14-8-5-9-15-22)25(34)18-32-24-17-11-10-16-23(24)20(3)29-26(27(32)35)31-28(36)30-21-12-6-4-7-13-21/h4-17,19,26H,18H2,1-3H3,(H2,30,31,36). The highest BCUT2D eigenvalue weighted by molar-refractivity contribution is 6.14. The Bertz CT molecular complexity index is 1270. The van der Waals surface area contributed by atoms with Crippen molar-refractivity contribution in [2.24, 2.45) is 4.99 Å². The van der Waals surface area contributed by atoms with E-state index in [4.69, 9.17) is 0 Å². The molecule has 1 aliphatic rings. The lowest BCUT2D eigenvalue weighted by atomic mass is 10.1. The first-order chi connectivity index (χ1) is 17.3. The summed E-state index contributed by atoms with van der Waals surface area (Å²) in [4.78, 5) is 47.5. The van der Waals surface area contributed by atoms with Crippen LogP contribution in [0.2, 0.25) is 0 Å². The van der Waals surface area contributed by atoms with E-state index < -0.39 is 18.1 Å². The van der Waals surface area contributed by atoms with Crippen LogP contribution in [0.3, 0.4) is 0 Å². The summed E-state index contributed by atoms with van der Waals surface area (Å²) in [6.45, 7) is 5.43. The number of benzodiazepines with no additional fused rings is 1. The predicted octanol–water partition coefficient (Wildman–Crippen LogP) is 4.43. The number of amides is 4. The van der Waals surface area contributed by atoms with E-state index >= 15 is 0 Å². The van der Waals surface area contributed by atoms with Crippen LogP contribution >= 0.6 is 0 Å². The van der Waals surface area contributed by atoms with Gasteiger partial charge in [-0.05, 0) is 51.1 Å². The van der Waals surface area contributed by atoms with Gasteiger partial charge in [-0.2, -0.15) is 0 Å². The molecule has 184 valence electrons. The van der Waals surface area contributed by atoms with Gasteiger partial charge in [-0.25, -0.2) is 4.79 Å². The van der Waals surface area contributed by atoms with E-state index in [2.05, 4.69) is 15.6 Å². The molecule has 0 fully saturated rings. The lowest BCUT2D eigenvalue weighted by Crippen LogP contribution is -2.52. The zero-order chi connectivity index (χ0) is 25.7. The van der Waals surface area contributed by atoms with E-state index in [1.807, 2.05) is 68.4 Å². The molecular formula is C28H29N5O3. The highest BCUT2D eigenvalue weighted by Crippen LogP contribution is 2.26. The number of aliphatic imine (C=N–C) groups is 1. The van der Waals surface area contributed by atoms with E-state index in [1.165, 1.54) is 4.90 Å². The number of para-hydroxylation sites is 3. The molecule has 36 heavy (non-hydrogen) atoms. The molecule has 0 spiro atoms. The molecule has 0 saturated carbocycles. The summed E-state index contributed by atoms with van der Waals surface area (Å²) in [5.74, 6) is -0.737. The van der Waals surface area contributed by atoms with Crippen LogP contribution in [-0.2, 0) is 9.59 Å². The second kappa shape index (κ2) is 10.9. The Hall–Kier alpha value is -4.46. The van der Waals surface area contributed by atoms with Crippen LogP contribution in [-0.4, -0.2) is 42.3 Å². The number of nitrogens with one attached hydrogen (secondary N) is 2. The van der Waals surface area contributed by atoms with Gasteiger partial charge in [-0.15, -0.1) is 0 Å². The predicted molar refractivity (Wildman–Crippen MR) is 142 cm³/mol. The Morgan fingerprint density at radius 3 is 2.22 bits per heavy atom. The van der Waals surface area contributed by atoms with Gasteiger partial charge in [-0.1, -0.05) is 54.6 Å². The molecule has 1 heterocycles. The van der Waals surface area contributed by atoms with Crippen molar-refractivity contribution in [1.82, 2.24) is 5.32 Å². The number of urea groups is 1. The molecule has 0 aromatic heterocycles. The summed E-state index contributed by atoms with van der Waals surface area (Å²) >= 11 is 0. The van der Waals surface area contributed by atoms with E-state index in [-0.39, 0.29) is 18.5 Å². The number of carbonyl (C=O) groups is 3.